The van der Waals surface area contributed by atoms with Crippen molar-refractivity contribution < 1.29 is 17.2 Å². The Balaban J connectivity index is 0.00000364. The third-order valence-corrected chi connectivity index (χ3v) is 5.13. The van der Waals surface area contributed by atoms with E-state index in [1.165, 1.54) is 12.3 Å². The number of hydrogen-bond acceptors (Lipinski definition) is 4. The molecule has 0 amide bonds. The number of rotatable bonds is 6. The number of guanidine groups is 1. The number of halogens is 3. The first-order valence-electron chi connectivity index (χ1n) is 8.71. The first kappa shape index (κ1) is 23.9. The third kappa shape index (κ3) is 7.76. The molecule has 6 nitrogen and oxygen atoms in total. The largest absolute Gasteiger partial charge is 0.366 e. The highest BCUT2D eigenvalue weighted by molar-refractivity contribution is 14.0. The van der Waals surface area contributed by atoms with Crippen LogP contribution in [0.3, 0.4) is 0 Å². The van der Waals surface area contributed by atoms with E-state index in [4.69, 9.17) is 0 Å². The molecule has 0 aromatic heterocycles. The molecular weight excluding hydrogens is 489 g/mol. The molecule has 1 aromatic carbocycles. The van der Waals surface area contributed by atoms with E-state index in [0.29, 0.717) is 45.7 Å². The lowest BCUT2D eigenvalue weighted by molar-refractivity contribution is 0.370. The van der Waals surface area contributed by atoms with Crippen molar-refractivity contribution in [1.82, 2.24) is 10.2 Å². The summed E-state index contributed by atoms with van der Waals surface area (Å²) in [4.78, 5) is 8.36. The van der Waals surface area contributed by atoms with Crippen LogP contribution in [0.2, 0.25) is 0 Å². The molecular formula is C17H27F2IN4O2S. The number of anilines is 1. The maximum atomic E-state index is 13.9. The number of nitrogens with one attached hydrogen (secondary N) is 1. The molecule has 0 aliphatic carbocycles. The van der Waals surface area contributed by atoms with E-state index in [1.807, 2.05) is 11.8 Å². The Hall–Kier alpha value is -1.17. The maximum Gasteiger partial charge on any atom is 0.194 e. The van der Waals surface area contributed by atoms with E-state index in [9.17, 15) is 17.2 Å². The van der Waals surface area contributed by atoms with Gasteiger partial charge in [-0.15, -0.1) is 24.0 Å². The van der Waals surface area contributed by atoms with Gasteiger partial charge in [0, 0.05) is 51.6 Å². The van der Waals surface area contributed by atoms with Crippen LogP contribution in [0.1, 0.15) is 13.3 Å². The smallest absolute Gasteiger partial charge is 0.194 e. The van der Waals surface area contributed by atoms with Crippen molar-refractivity contribution in [3.63, 3.8) is 0 Å². The molecule has 0 bridgehead atoms. The van der Waals surface area contributed by atoms with Gasteiger partial charge in [-0.3, -0.25) is 4.99 Å². The molecule has 1 aliphatic heterocycles. The van der Waals surface area contributed by atoms with Gasteiger partial charge in [-0.1, -0.05) is 0 Å². The Bertz CT molecular complexity index is 738. The molecule has 1 saturated heterocycles. The zero-order chi connectivity index (χ0) is 19.2. The highest BCUT2D eigenvalue weighted by atomic mass is 127. The molecule has 2 rings (SSSR count). The van der Waals surface area contributed by atoms with E-state index in [0.717, 1.165) is 18.1 Å². The predicted molar refractivity (Wildman–Crippen MR) is 116 cm³/mol. The minimum absolute atomic E-state index is 0. The van der Waals surface area contributed by atoms with Crippen molar-refractivity contribution in [2.75, 3.05) is 56.2 Å². The fourth-order valence-electron chi connectivity index (χ4n) is 2.82. The van der Waals surface area contributed by atoms with Crippen LogP contribution >= 0.6 is 24.0 Å². The number of sulfone groups is 1. The Morgan fingerprint density at radius 1 is 1.22 bits per heavy atom. The van der Waals surface area contributed by atoms with Gasteiger partial charge in [0.05, 0.1) is 11.4 Å². The zero-order valence-corrected chi connectivity index (χ0v) is 18.8. The van der Waals surface area contributed by atoms with E-state index < -0.39 is 21.5 Å². The Kier molecular flexibility index (Phi) is 9.71. The van der Waals surface area contributed by atoms with Crippen LogP contribution in [0, 0.1) is 11.6 Å². The third-order valence-electron chi connectivity index (χ3n) is 4.10. The molecule has 0 spiro atoms. The van der Waals surface area contributed by atoms with Gasteiger partial charge in [-0.25, -0.2) is 17.2 Å². The van der Waals surface area contributed by atoms with Gasteiger partial charge in [0.25, 0.3) is 0 Å². The molecule has 0 radical (unpaired) electrons. The standard InChI is InChI=1S/C17H26F2N4O2S.HI/c1-3-20-17(21-7-4-12-26(2,24)25)23-10-8-22(9-11-23)16-13-14(18)5-6-15(16)19;/h5-6,13H,3-4,7-12H2,1-2H3,(H,20,21);1H. The van der Waals surface area contributed by atoms with Gasteiger partial charge < -0.3 is 15.1 Å². The second-order valence-electron chi connectivity index (χ2n) is 6.29. The van der Waals surface area contributed by atoms with Crippen molar-refractivity contribution in [3.05, 3.63) is 29.8 Å². The van der Waals surface area contributed by atoms with E-state index >= 15 is 0 Å². The zero-order valence-electron chi connectivity index (χ0n) is 15.6. The van der Waals surface area contributed by atoms with Crippen LogP contribution in [0.5, 0.6) is 0 Å². The van der Waals surface area contributed by atoms with Crippen LogP contribution in [-0.4, -0.2) is 70.6 Å². The average Bonchev–Trinajstić information content (AvgIpc) is 2.59. The highest BCUT2D eigenvalue weighted by Gasteiger charge is 2.22. The van der Waals surface area contributed by atoms with Crippen molar-refractivity contribution in [2.24, 2.45) is 4.99 Å². The predicted octanol–water partition coefficient (Wildman–Crippen LogP) is 2.10. The van der Waals surface area contributed by atoms with Gasteiger partial charge in [-0.2, -0.15) is 0 Å². The SMILES string of the molecule is CCNC(=NCCCS(C)(=O)=O)N1CCN(c2cc(F)ccc2F)CC1.I. The lowest BCUT2D eigenvalue weighted by Crippen LogP contribution is -2.52. The van der Waals surface area contributed by atoms with Crippen molar-refractivity contribution in [1.29, 1.82) is 0 Å². The van der Waals surface area contributed by atoms with Gasteiger partial charge in [-0.05, 0) is 25.5 Å². The number of piperazine rings is 1. The van der Waals surface area contributed by atoms with Gasteiger partial charge in [0.15, 0.2) is 5.96 Å². The van der Waals surface area contributed by atoms with Crippen molar-refractivity contribution in [2.45, 2.75) is 13.3 Å². The topological polar surface area (TPSA) is 65.0 Å². The fourth-order valence-corrected chi connectivity index (χ4v) is 3.48. The summed E-state index contributed by atoms with van der Waals surface area (Å²) < 4.78 is 49.7. The summed E-state index contributed by atoms with van der Waals surface area (Å²) in [6.07, 6.45) is 1.69. The second kappa shape index (κ2) is 11.0. The second-order valence-corrected chi connectivity index (χ2v) is 8.55. The summed E-state index contributed by atoms with van der Waals surface area (Å²) in [6, 6.07) is 3.47. The molecule has 1 aliphatic rings. The van der Waals surface area contributed by atoms with E-state index in [1.54, 1.807) is 0 Å². The Morgan fingerprint density at radius 3 is 2.48 bits per heavy atom. The average molecular weight is 516 g/mol. The lowest BCUT2D eigenvalue weighted by Gasteiger charge is -2.37. The minimum atomic E-state index is -2.98. The van der Waals surface area contributed by atoms with Gasteiger partial charge in [0.1, 0.15) is 21.5 Å². The number of nitrogens with zero attached hydrogens (tertiary/aromatic N) is 3. The fraction of sp³-hybridized carbons (Fsp3) is 0.588. The monoisotopic (exact) mass is 516 g/mol. The van der Waals surface area contributed by atoms with Gasteiger partial charge >= 0.3 is 0 Å². The Morgan fingerprint density at radius 2 is 1.89 bits per heavy atom. The number of benzene rings is 1. The molecule has 0 atom stereocenters. The van der Waals surface area contributed by atoms with Crippen LogP contribution in [0.4, 0.5) is 14.5 Å². The molecule has 10 heteroatoms. The van der Waals surface area contributed by atoms with Crippen molar-refractivity contribution in [3.8, 4) is 0 Å². The number of aliphatic imine (C=N–C) groups is 1. The van der Waals surface area contributed by atoms with E-state index in [2.05, 4.69) is 15.2 Å². The summed E-state index contributed by atoms with van der Waals surface area (Å²) in [6.45, 7) is 5.42. The maximum absolute atomic E-state index is 13.9. The van der Waals surface area contributed by atoms with Crippen LogP contribution in [0.15, 0.2) is 23.2 Å². The summed E-state index contributed by atoms with van der Waals surface area (Å²) in [5, 5.41) is 3.20. The normalized spacial score (nSPS) is 15.5. The number of hydrogen-bond donors (Lipinski definition) is 1. The molecule has 1 aromatic rings. The van der Waals surface area contributed by atoms with Crippen molar-refractivity contribution >= 4 is 45.5 Å². The molecule has 27 heavy (non-hydrogen) atoms. The Labute approximate surface area is 177 Å². The van der Waals surface area contributed by atoms with Crippen LogP contribution in [0.25, 0.3) is 0 Å². The highest BCUT2D eigenvalue weighted by Crippen LogP contribution is 2.21. The molecule has 0 unspecified atom stereocenters. The van der Waals surface area contributed by atoms with Crippen LogP contribution in [-0.2, 0) is 9.84 Å². The molecule has 1 N–H and O–H groups in total. The summed E-state index contributed by atoms with van der Waals surface area (Å²) in [5.41, 5.74) is 0.278. The van der Waals surface area contributed by atoms with Crippen LogP contribution < -0.4 is 10.2 Å². The first-order valence-corrected chi connectivity index (χ1v) is 10.8. The summed E-state index contributed by atoms with van der Waals surface area (Å²) >= 11 is 0. The van der Waals surface area contributed by atoms with E-state index in [-0.39, 0.29) is 35.4 Å². The minimum Gasteiger partial charge on any atom is -0.366 e. The lowest BCUT2D eigenvalue weighted by atomic mass is 10.2. The molecule has 1 fully saturated rings. The summed E-state index contributed by atoms with van der Waals surface area (Å²) in [5.74, 6) is -0.0473. The quantitative estimate of drug-likeness (QED) is 0.272. The molecule has 0 saturated carbocycles. The first-order chi connectivity index (χ1) is 12.3. The summed E-state index contributed by atoms with van der Waals surface area (Å²) in [7, 11) is -2.98. The van der Waals surface area contributed by atoms with Gasteiger partial charge in [0.2, 0.25) is 0 Å². The molecule has 1 heterocycles. The molecule has 154 valence electrons.